The van der Waals surface area contributed by atoms with E-state index in [4.69, 9.17) is 16.9 Å². The van der Waals surface area contributed by atoms with Crippen LogP contribution in [0.3, 0.4) is 0 Å². The average molecular weight is 300 g/mol. The molecule has 20 heavy (non-hydrogen) atoms. The first-order valence-corrected chi connectivity index (χ1v) is 7.39. The van der Waals surface area contributed by atoms with Gasteiger partial charge < -0.3 is 10.5 Å². The lowest BCUT2D eigenvalue weighted by atomic mass is 10.3. The normalized spacial score (nSPS) is 11.3. The number of nitrogens with zero attached hydrogens (tertiary/aromatic N) is 1. The highest BCUT2D eigenvalue weighted by Crippen LogP contribution is 2.29. The van der Waals surface area contributed by atoms with E-state index >= 15 is 0 Å². The van der Waals surface area contributed by atoms with Crippen LogP contribution in [0.2, 0.25) is 0 Å². The van der Waals surface area contributed by atoms with Crippen molar-refractivity contribution in [3.63, 3.8) is 0 Å². The molecule has 0 aliphatic carbocycles. The molecule has 1 aromatic carbocycles. The highest BCUT2D eigenvalue weighted by Gasteiger charge is 2.25. The number of sulfonamides is 1. The summed E-state index contributed by atoms with van der Waals surface area (Å²) in [5.41, 5.74) is 5.51. The zero-order chi connectivity index (χ0) is 15.3. The number of ether oxygens (including phenoxy) is 1. The van der Waals surface area contributed by atoms with Crippen LogP contribution in [-0.2, 0) is 10.0 Å². The molecule has 2 N–H and O–H groups in total. The van der Waals surface area contributed by atoms with Crippen LogP contribution < -0.4 is 10.5 Å². The fraction of sp³-hybridized carbons (Fsp3) is 0.385. The summed E-state index contributed by atoms with van der Waals surface area (Å²) in [6, 6.07) is 2.04. The first-order chi connectivity index (χ1) is 9.38. The molecule has 0 spiro atoms. The van der Waals surface area contributed by atoms with Crippen LogP contribution in [-0.4, -0.2) is 32.9 Å². The molecule has 0 bridgehead atoms. The molecule has 0 saturated heterocycles. The number of benzene rings is 1. The number of nitrogens with two attached hydrogens (primary N) is 1. The van der Waals surface area contributed by atoms with Crippen LogP contribution >= 0.6 is 0 Å². The number of nitrogen functional groups attached to an aromatic ring is 1. The summed E-state index contributed by atoms with van der Waals surface area (Å²) in [6.07, 6.45) is 5.76. The molecule has 0 atom stereocenters. The highest BCUT2D eigenvalue weighted by molar-refractivity contribution is 7.89. The Hall–Kier alpha value is -1.78. The van der Waals surface area contributed by atoms with Gasteiger partial charge in [-0.25, -0.2) is 12.8 Å². The summed E-state index contributed by atoms with van der Waals surface area (Å²) in [4.78, 5) is -0.239. The molecule has 0 saturated carbocycles. The van der Waals surface area contributed by atoms with Crippen molar-refractivity contribution in [3.05, 3.63) is 17.9 Å². The van der Waals surface area contributed by atoms with E-state index in [9.17, 15) is 12.8 Å². The fourth-order valence-corrected chi connectivity index (χ4v) is 3.23. The van der Waals surface area contributed by atoms with Crippen LogP contribution in [0.15, 0.2) is 17.0 Å². The molecule has 0 heterocycles. The van der Waals surface area contributed by atoms with Crippen molar-refractivity contribution in [1.82, 2.24) is 4.31 Å². The fourth-order valence-electron chi connectivity index (χ4n) is 1.74. The molecule has 7 heteroatoms. The molecular formula is C13H17FN2O3S. The minimum absolute atomic E-state index is 0.0796. The van der Waals surface area contributed by atoms with Gasteiger partial charge in [-0.05, 0) is 18.6 Å². The highest BCUT2D eigenvalue weighted by atomic mass is 32.2. The van der Waals surface area contributed by atoms with E-state index in [1.807, 2.05) is 6.92 Å². The lowest BCUT2D eigenvalue weighted by Crippen LogP contribution is -2.32. The van der Waals surface area contributed by atoms with E-state index in [2.05, 4.69) is 5.92 Å². The van der Waals surface area contributed by atoms with Gasteiger partial charge >= 0.3 is 0 Å². The molecule has 0 aliphatic heterocycles. The molecular weight excluding hydrogens is 283 g/mol. The average Bonchev–Trinajstić information content (AvgIpc) is 2.38. The number of rotatable bonds is 6. The molecule has 0 aromatic heterocycles. The lowest BCUT2D eigenvalue weighted by Gasteiger charge is -2.19. The van der Waals surface area contributed by atoms with Gasteiger partial charge in [0, 0.05) is 6.54 Å². The van der Waals surface area contributed by atoms with Crippen molar-refractivity contribution in [1.29, 1.82) is 0 Å². The summed E-state index contributed by atoms with van der Waals surface area (Å²) in [5, 5.41) is 0. The third kappa shape index (κ3) is 3.21. The lowest BCUT2D eigenvalue weighted by molar-refractivity contribution is 0.387. The van der Waals surface area contributed by atoms with Crippen LogP contribution in [0.25, 0.3) is 0 Å². The van der Waals surface area contributed by atoms with Gasteiger partial charge in [-0.15, -0.1) is 6.42 Å². The van der Waals surface area contributed by atoms with E-state index in [-0.39, 0.29) is 29.4 Å². The monoisotopic (exact) mass is 300 g/mol. The number of hydrogen-bond acceptors (Lipinski definition) is 4. The van der Waals surface area contributed by atoms with Crippen LogP contribution in [0.1, 0.15) is 13.3 Å². The second-order valence-corrected chi connectivity index (χ2v) is 6.01. The predicted molar refractivity (Wildman–Crippen MR) is 75.2 cm³/mol. The molecule has 5 nitrogen and oxygen atoms in total. The smallest absolute Gasteiger partial charge is 0.244 e. The zero-order valence-electron chi connectivity index (χ0n) is 11.4. The van der Waals surface area contributed by atoms with Crippen molar-refractivity contribution in [2.24, 2.45) is 0 Å². The van der Waals surface area contributed by atoms with Gasteiger partial charge in [0.25, 0.3) is 0 Å². The molecule has 0 fully saturated rings. The van der Waals surface area contributed by atoms with Gasteiger partial charge in [-0.2, -0.15) is 4.31 Å². The van der Waals surface area contributed by atoms with Crippen LogP contribution in [0.5, 0.6) is 5.75 Å². The molecule has 0 amide bonds. The second kappa shape index (κ2) is 6.59. The largest absolute Gasteiger partial charge is 0.492 e. The second-order valence-electron chi connectivity index (χ2n) is 4.07. The van der Waals surface area contributed by atoms with E-state index in [0.717, 1.165) is 16.4 Å². The summed E-state index contributed by atoms with van der Waals surface area (Å²) >= 11 is 0. The van der Waals surface area contributed by atoms with E-state index < -0.39 is 15.8 Å². The molecule has 0 aliphatic rings. The summed E-state index contributed by atoms with van der Waals surface area (Å²) in [7, 11) is -2.63. The standard InChI is InChI=1S/C13H17FN2O3S/c1-4-6-16(7-5-2)20(17,18)10-8-11(14)13(19-3)12(15)9-10/h1,8-9H,5-7,15H2,2-3H3. The third-order valence-corrected chi connectivity index (χ3v) is 4.45. The van der Waals surface area contributed by atoms with Crippen LogP contribution in [0, 0.1) is 18.2 Å². The van der Waals surface area contributed by atoms with Gasteiger partial charge in [0.15, 0.2) is 11.6 Å². The number of hydrogen-bond donors (Lipinski definition) is 1. The Kier molecular flexibility index (Phi) is 5.36. The molecule has 0 radical (unpaired) electrons. The molecule has 1 aromatic rings. The minimum Gasteiger partial charge on any atom is -0.492 e. The van der Waals surface area contributed by atoms with Crippen molar-refractivity contribution in [3.8, 4) is 18.1 Å². The molecule has 0 unspecified atom stereocenters. The third-order valence-electron chi connectivity index (χ3n) is 2.63. The topological polar surface area (TPSA) is 72.6 Å². The summed E-state index contributed by atoms with van der Waals surface area (Å²) in [5.74, 6) is 1.27. The SMILES string of the molecule is C#CCN(CCC)S(=O)(=O)c1cc(N)c(OC)c(F)c1. The number of methoxy groups -OCH3 is 1. The summed E-state index contributed by atoms with van der Waals surface area (Å²) in [6.45, 7) is 1.99. The van der Waals surface area contributed by atoms with E-state index in [1.54, 1.807) is 0 Å². The molecule has 1 rings (SSSR count). The number of anilines is 1. The number of halogens is 1. The van der Waals surface area contributed by atoms with Crippen molar-refractivity contribution < 1.29 is 17.5 Å². The van der Waals surface area contributed by atoms with Crippen molar-refractivity contribution in [2.45, 2.75) is 18.2 Å². The van der Waals surface area contributed by atoms with Gasteiger partial charge in [-0.3, -0.25) is 0 Å². The van der Waals surface area contributed by atoms with Gasteiger partial charge in [0.05, 0.1) is 24.2 Å². The Labute approximate surface area is 118 Å². The van der Waals surface area contributed by atoms with Crippen LogP contribution in [0.4, 0.5) is 10.1 Å². The van der Waals surface area contributed by atoms with Gasteiger partial charge in [-0.1, -0.05) is 12.8 Å². The Morgan fingerprint density at radius 1 is 1.50 bits per heavy atom. The Morgan fingerprint density at radius 3 is 2.60 bits per heavy atom. The first kappa shape index (κ1) is 16.3. The Balaban J connectivity index is 3.31. The molecule has 110 valence electrons. The Morgan fingerprint density at radius 2 is 2.15 bits per heavy atom. The maximum Gasteiger partial charge on any atom is 0.244 e. The Bertz CT molecular complexity index is 600. The maximum absolute atomic E-state index is 13.7. The predicted octanol–water partition coefficient (Wildman–Crippen LogP) is 1.45. The van der Waals surface area contributed by atoms with Gasteiger partial charge in [0.2, 0.25) is 10.0 Å². The quantitative estimate of drug-likeness (QED) is 0.637. The maximum atomic E-state index is 13.7. The zero-order valence-corrected chi connectivity index (χ0v) is 12.2. The van der Waals surface area contributed by atoms with E-state index in [0.29, 0.717) is 6.42 Å². The first-order valence-electron chi connectivity index (χ1n) is 5.95. The number of terminal acetylenes is 1. The van der Waals surface area contributed by atoms with Gasteiger partial charge in [0.1, 0.15) is 0 Å². The van der Waals surface area contributed by atoms with Crippen molar-refractivity contribution >= 4 is 15.7 Å². The summed E-state index contributed by atoms with van der Waals surface area (Å²) < 4.78 is 44.4. The minimum atomic E-state index is -3.88. The van der Waals surface area contributed by atoms with Crippen molar-refractivity contribution in [2.75, 3.05) is 25.9 Å². The van der Waals surface area contributed by atoms with E-state index in [1.165, 1.54) is 7.11 Å².